The third-order valence-corrected chi connectivity index (χ3v) is 2.10. The summed E-state index contributed by atoms with van der Waals surface area (Å²) in [5.74, 6) is -0.378. The largest absolute Gasteiger partial charge is 0.395 e. The van der Waals surface area contributed by atoms with Crippen molar-refractivity contribution in [3.63, 3.8) is 0 Å². The highest BCUT2D eigenvalue weighted by atomic mass is 16.3. The molecule has 0 aliphatic carbocycles. The van der Waals surface area contributed by atoms with Crippen LogP contribution in [0.2, 0.25) is 0 Å². The highest BCUT2D eigenvalue weighted by molar-refractivity contribution is 6.00. The van der Waals surface area contributed by atoms with E-state index in [4.69, 9.17) is 5.11 Å². The average Bonchev–Trinajstić information content (AvgIpc) is 2.25. The van der Waals surface area contributed by atoms with Gasteiger partial charge in [0, 0.05) is 5.56 Å². The van der Waals surface area contributed by atoms with Gasteiger partial charge < -0.3 is 5.11 Å². The first-order valence-corrected chi connectivity index (χ1v) is 4.63. The summed E-state index contributed by atoms with van der Waals surface area (Å²) in [6, 6.07) is 7.02. The lowest BCUT2D eigenvalue weighted by atomic mass is 10.1. The predicted octanol–water partition coefficient (Wildman–Crippen LogP) is 0.586. The zero-order chi connectivity index (χ0) is 11.3. The minimum atomic E-state index is -0.378. The third-order valence-electron chi connectivity index (χ3n) is 2.10. The molecule has 0 aliphatic heterocycles. The zero-order valence-electron chi connectivity index (χ0n) is 8.51. The highest BCUT2D eigenvalue weighted by Gasteiger charge is 2.15. The Hall–Kier alpha value is -1.68. The lowest BCUT2D eigenvalue weighted by Gasteiger charge is -2.14. The van der Waals surface area contributed by atoms with Gasteiger partial charge >= 0.3 is 0 Å². The van der Waals surface area contributed by atoms with Gasteiger partial charge in [0.2, 0.25) is 6.41 Å². The van der Waals surface area contributed by atoms with Gasteiger partial charge in [-0.2, -0.15) is 0 Å². The summed E-state index contributed by atoms with van der Waals surface area (Å²) in [5.41, 5.74) is 1.30. The number of imide groups is 1. The smallest absolute Gasteiger partial charge is 0.260 e. The van der Waals surface area contributed by atoms with Gasteiger partial charge in [0.25, 0.3) is 5.91 Å². The van der Waals surface area contributed by atoms with Crippen molar-refractivity contribution in [2.45, 2.75) is 6.92 Å². The van der Waals surface area contributed by atoms with E-state index in [1.165, 1.54) is 0 Å². The second-order valence-corrected chi connectivity index (χ2v) is 3.14. The van der Waals surface area contributed by atoms with E-state index < -0.39 is 0 Å². The molecule has 0 spiro atoms. The second-order valence-electron chi connectivity index (χ2n) is 3.14. The van der Waals surface area contributed by atoms with E-state index in [1.54, 1.807) is 25.1 Å². The molecule has 0 saturated heterocycles. The molecule has 0 heterocycles. The summed E-state index contributed by atoms with van der Waals surface area (Å²) in [4.78, 5) is 23.3. The first-order chi connectivity index (χ1) is 7.20. The third kappa shape index (κ3) is 2.63. The normalized spacial score (nSPS) is 9.73. The molecule has 80 valence electrons. The molecule has 15 heavy (non-hydrogen) atoms. The first kappa shape index (κ1) is 11.4. The summed E-state index contributed by atoms with van der Waals surface area (Å²) in [6.45, 7) is 1.60. The van der Waals surface area contributed by atoms with Gasteiger partial charge in [-0.3, -0.25) is 14.5 Å². The molecule has 0 bridgehead atoms. The Morgan fingerprint density at radius 2 is 2.13 bits per heavy atom. The van der Waals surface area contributed by atoms with Gasteiger partial charge in [-0.05, 0) is 18.6 Å². The summed E-state index contributed by atoms with van der Waals surface area (Å²) in [5, 5.41) is 8.68. The van der Waals surface area contributed by atoms with E-state index in [1.807, 2.05) is 6.07 Å². The fourth-order valence-electron chi connectivity index (χ4n) is 1.28. The van der Waals surface area contributed by atoms with Crippen LogP contribution in [0, 0.1) is 6.92 Å². The standard InChI is InChI=1S/C11H13NO3/c1-9-4-2-3-5-10(9)11(15)12(8-14)6-7-13/h2-5,8,13H,6-7H2,1H3. The fourth-order valence-corrected chi connectivity index (χ4v) is 1.28. The molecule has 0 aromatic heterocycles. The number of hydrogen-bond acceptors (Lipinski definition) is 3. The topological polar surface area (TPSA) is 57.6 Å². The van der Waals surface area contributed by atoms with Crippen LogP contribution < -0.4 is 0 Å². The number of amides is 2. The van der Waals surface area contributed by atoms with E-state index in [2.05, 4.69) is 0 Å². The number of carbonyl (C=O) groups is 2. The molecule has 0 radical (unpaired) electrons. The lowest BCUT2D eigenvalue weighted by molar-refractivity contribution is -0.116. The Balaban J connectivity index is 2.92. The van der Waals surface area contributed by atoms with Crippen LogP contribution in [0.1, 0.15) is 15.9 Å². The molecule has 0 fully saturated rings. The van der Waals surface area contributed by atoms with Gasteiger partial charge in [0.1, 0.15) is 0 Å². The summed E-state index contributed by atoms with van der Waals surface area (Å²) in [7, 11) is 0. The maximum atomic E-state index is 11.8. The van der Waals surface area contributed by atoms with Crippen LogP contribution >= 0.6 is 0 Å². The van der Waals surface area contributed by atoms with Crippen LogP contribution in [-0.2, 0) is 4.79 Å². The van der Waals surface area contributed by atoms with Gasteiger partial charge in [-0.25, -0.2) is 0 Å². The van der Waals surface area contributed by atoms with Gasteiger partial charge in [-0.15, -0.1) is 0 Å². The van der Waals surface area contributed by atoms with E-state index in [0.29, 0.717) is 12.0 Å². The summed E-state index contributed by atoms with van der Waals surface area (Å²) in [6.07, 6.45) is 0.436. The lowest BCUT2D eigenvalue weighted by Crippen LogP contribution is -2.32. The van der Waals surface area contributed by atoms with Crippen molar-refractivity contribution in [1.82, 2.24) is 4.90 Å². The van der Waals surface area contributed by atoms with E-state index in [-0.39, 0.29) is 19.1 Å². The Morgan fingerprint density at radius 1 is 1.47 bits per heavy atom. The number of benzene rings is 1. The van der Waals surface area contributed by atoms with E-state index in [0.717, 1.165) is 10.5 Å². The van der Waals surface area contributed by atoms with E-state index >= 15 is 0 Å². The van der Waals surface area contributed by atoms with Gasteiger partial charge in [-0.1, -0.05) is 18.2 Å². The number of aryl methyl sites for hydroxylation is 1. The maximum absolute atomic E-state index is 11.8. The molecule has 0 saturated carbocycles. The van der Waals surface area contributed by atoms with Crippen LogP contribution in [0.15, 0.2) is 24.3 Å². The number of hydrogen-bond donors (Lipinski definition) is 1. The average molecular weight is 207 g/mol. The molecule has 4 nitrogen and oxygen atoms in total. The number of nitrogens with zero attached hydrogens (tertiary/aromatic N) is 1. The molecule has 1 N–H and O–H groups in total. The Bertz CT molecular complexity index is 363. The SMILES string of the molecule is Cc1ccccc1C(=O)N(C=O)CCO. The van der Waals surface area contributed by atoms with Crippen molar-refractivity contribution in [2.75, 3.05) is 13.2 Å². The Labute approximate surface area is 88.1 Å². The molecular weight excluding hydrogens is 194 g/mol. The quantitative estimate of drug-likeness (QED) is 0.735. The van der Waals surface area contributed by atoms with Crippen molar-refractivity contribution < 1.29 is 14.7 Å². The minimum Gasteiger partial charge on any atom is -0.395 e. The molecule has 0 aliphatic rings. The van der Waals surface area contributed by atoms with Gasteiger partial charge in [0.15, 0.2) is 0 Å². The molecule has 4 heteroatoms. The van der Waals surface area contributed by atoms with Crippen LogP contribution in [-0.4, -0.2) is 35.5 Å². The van der Waals surface area contributed by atoms with Gasteiger partial charge in [0.05, 0.1) is 13.2 Å². The second kappa shape index (κ2) is 5.26. The molecular formula is C11H13NO3. The fraction of sp³-hybridized carbons (Fsp3) is 0.273. The van der Waals surface area contributed by atoms with Crippen molar-refractivity contribution >= 4 is 12.3 Å². The molecule has 0 unspecified atom stereocenters. The molecule has 1 aromatic rings. The van der Waals surface area contributed by atoms with Crippen LogP contribution in [0.5, 0.6) is 0 Å². The number of rotatable bonds is 4. The molecule has 2 amide bonds. The molecule has 1 rings (SSSR count). The Kier molecular flexibility index (Phi) is 4.00. The Morgan fingerprint density at radius 3 is 2.67 bits per heavy atom. The maximum Gasteiger partial charge on any atom is 0.260 e. The predicted molar refractivity (Wildman–Crippen MR) is 55.4 cm³/mol. The highest BCUT2D eigenvalue weighted by Crippen LogP contribution is 2.09. The minimum absolute atomic E-state index is 0.0245. The summed E-state index contributed by atoms with van der Waals surface area (Å²) < 4.78 is 0. The zero-order valence-corrected chi connectivity index (χ0v) is 8.51. The molecule has 0 atom stereocenters. The van der Waals surface area contributed by atoms with Crippen molar-refractivity contribution in [1.29, 1.82) is 0 Å². The molecule has 1 aromatic carbocycles. The van der Waals surface area contributed by atoms with Crippen LogP contribution in [0.3, 0.4) is 0 Å². The number of aliphatic hydroxyl groups is 1. The van der Waals surface area contributed by atoms with Crippen molar-refractivity contribution in [3.05, 3.63) is 35.4 Å². The van der Waals surface area contributed by atoms with Crippen molar-refractivity contribution in [3.8, 4) is 0 Å². The van der Waals surface area contributed by atoms with Crippen molar-refractivity contribution in [2.24, 2.45) is 0 Å². The van der Waals surface area contributed by atoms with E-state index in [9.17, 15) is 9.59 Å². The van der Waals surface area contributed by atoms with Crippen LogP contribution in [0.25, 0.3) is 0 Å². The number of carbonyl (C=O) groups excluding carboxylic acids is 2. The monoisotopic (exact) mass is 207 g/mol. The first-order valence-electron chi connectivity index (χ1n) is 4.63. The summed E-state index contributed by atoms with van der Waals surface area (Å²) >= 11 is 0. The number of aliphatic hydroxyl groups excluding tert-OH is 1. The van der Waals surface area contributed by atoms with Crippen LogP contribution in [0.4, 0.5) is 0 Å².